The third-order valence-electron chi connectivity index (χ3n) is 10.9. The summed E-state index contributed by atoms with van der Waals surface area (Å²) in [5.74, 6) is 4.59. The Morgan fingerprint density at radius 2 is 1.75 bits per heavy atom. The summed E-state index contributed by atoms with van der Waals surface area (Å²) in [4.78, 5) is 12.2. The fourth-order valence-electron chi connectivity index (χ4n) is 9.19. The lowest BCUT2D eigenvalue weighted by Gasteiger charge is -2.61. The first-order chi connectivity index (χ1) is 15.3. The molecule has 4 fully saturated rings. The molecule has 0 unspecified atom stereocenters. The van der Waals surface area contributed by atoms with Crippen molar-refractivity contribution in [3.8, 4) is 0 Å². The van der Waals surface area contributed by atoms with E-state index in [4.69, 9.17) is 9.47 Å². The monoisotopic (exact) mass is 448 g/mol. The van der Waals surface area contributed by atoms with Gasteiger partial charge in [-0.3, -0.25) is 4.79 Å². The summed E-state index contributed by atoms with van der Waals surface area (Å²) < 4.78 is 10.6. The standard InChI is InChI=1S/C28H48O4/c1-5-31-16-17-32-26(30)11-6-19(2)23-9-10-24-22-8-7-20-18-21(29)12-14-27(20,3)25(22)13-15-28(23,24)4/h19-25,29H,5-18H2,1-4H3/t19-,20-,21-,22+,23-,24+,25+,27+,28-/m1/s1. The minimum absolute atomic E-state index is 0.0546. The van der Waals surface area contributed by atoms with Crippen LogP contribution in [0.2, 0.25) is 0 Å². The van der Waals surface area contributed by atoms with Crippen LogP contribution in [0.25, 0.3) is 0 Å². The van der Waals surface area contributed by atoms with Gasteiger partial charge in [0.25, 0.3) is 0 Å². The number of hydrogen-bond donors (Lipinski definition) is 1. The van der Waals surface area contributed by atoms with Crippen molar-refractivity contribution in [1.29, 1.82) is 0 Å². The summed E-state index contributed by atoms with van der Waals surface area (Å²) >= 11 is 0. The summed E-state index contributed by atoms with van der Waals surface area (Å²) in [6, 6.07) is 0. The molecular weight excluding hydrogens is 400 g/mol. The van der Waals surface area contributed by atoms with E-state index in [1.54, 1.807) is 0 Å². The van der Waals surface area contributed by atoms with Crippen LogP contribution >= 0.6 is 0 Å². The largest absolute Gasteiger partial charge is 0.463 e. The molecule has 0 heterocycles. The molecule has 0 aromatic heterocycles. The second kappa shape index (κ2) is 9.94. The number of ether oxygens (including phenoxy) is 2. The Morgan fingerprint density at radius 3 is 2.53 bits per heavy atom. The zero-order valence-electron chi connectivity index (χ0n) is 21.1. The second-order valence-corrected chi connectivity index (χ2v) is 12.2. The molecule has 0 aliphatic heterocycles. The van der Waals surface area contributed by atoms with E-state index in [-0.39, 0.29) is 12.1 Å². The highest BCUT2D eigenvalue weighted by atomic mass is 16.6. The van der Waals surface area contributed by atoms with Crippen LogP contribution in [0.1, 0.15) is 98.3 Å². The number of hydrogen-bond acceptors (Lipinski definition) is 4. The van der Waals surface area contributed by atoms with Gasteiger partial charge in [0, 0.05) is 13.0 Å². The van der Waals surface area contributed by atoms with E-state index in [2.05, 4.69) is 20.8 Å². The number of rotatable bonds is 8. The SMILES string of the molecule is CCOCCOC(=O)CC[C@@H](C)[C@H]1CC[C@H]2[C@@H]3CC[C@@H]4C[C@H](O)CC[C@]4(C)[C@H]3CC[C@]12C. The van der Waals surface area contributed by atoms with Crippen molar-refractivity contribution in [1.82, 2.24) is 0 Å². The Labute approximate surface area is 196 Å². The Hall–Kier alpha value is -0.610. The molecule has 4 aliphatic rings. The molecule has 0 saturated heterocycles. The van der Waals surface area contributed by atoms with Gasteiger partial charge in [0.2, 0.25) is 0 Å². The maximum absolute atomic E-state index is 12.2. The van der Waals surface area contributed by atoms with Crippen molar-refractivity contribution in [2.24, 2.45) is 46.3 Å². The van der Waals surface area contributed by atoms with Gasteiger partial charge < -0.3 is 14.6 Å². The van der Waals surface area contributed by atoms with E-state index in [1.165, 1.54) is 44.9 Å². The number of aliphatic hydroxyl groups excluding tert-OH is 1. The van der Waals surface area contributed by atoms with Gasteiger partial charge in [0.05, 0.1) is 12.7 Å². The van der Waals surface area contributed by atoms with Crippen molar-refractivity contribution in [2.45, 2.75) is 104 Å². The molecule has 0 spiro atoms. The minimum atomic E-state index is -0.0642. The van der Waals surface area contributed by atoms with Crippen LogP contribution in [0.3, 0.4) is 0 Å². The van der Waals surface area contributed by atoms with Crippen molar-refractivity contribution < 1.29 is 19.4 Å². The van der Waals surface area contributed by atoms with Gasteiger partial charge in [-0.15, -0.1) is 0 Å². The van der Waals surface area contributed by atoms with E-state index in [9.17, 15) is 9.90 Å². The summed E-state index contributed by atoms with van der Waals surface area (Å²) in [7, 11) is 0. The van der Waals surface area contributed by atoms with Crippen LogP contribution in [0, 0.1) is 46.3 Å². The zero-order chi connectivity index (χ0) is 22.9. The van der Waals surface area contributed by atoms with Crippen LogP contribution < -0.4 is 0 Å². The molecule has 0 aromatic carbocycles. The van der Waals surface area contributed by atoms with Crippen LogP contribution in [0.5, 0.6) is 0 Å². The van der Waals surface area contributed by atoms with Crippen LogP contribution in [-0.2, 0) is 14.3 Å². The number of carbonyl (C=O) groups is 1. The van der Waals surface area contributed by atoms with Gasteiger partial charge in [0.1, 0.15) is 6.61 Å². The third kappa shape index (κ3) is 4.52. The molecule has 4 rings (SSSR count). The molecule has 0 radical (unpaired) electrons. The van der Waals surface area contributed by atoms with Crippen molar-refractivity contribution in [3.63, 3.8) is 0 Å². The lowest BCUT2D eigenvalue weighted by Crippen LogP contribution is -2.54. The van der Waals surface area contributed by atoms with E-state index in [0.717, 1.165) is 48.9 Å². The van der Waals surface area contributed by atoms with Gasteiger partial charge in [0.15, 0.2) is 0 Å². The van der Waals surface area contributed by atoms with Crippen molar-refractivity contribution in [2.75, 3.05) is 19.8 Å². The first-order valence-corrected chi connectivity index (χ1v) is 13.7. The smallest absolute Gasteiger partial charge is 0.305 e. The highest BCUT2D eigenvalue weighted by Crippen LogP contribution is 2.68. The Balaban J connectivity index is 1.35. The van der Waals surface area contributed by atoms with E-state index >= 15 is 0 Å². The van der Waals surface area contributed by atoms with Crippen LogP contribution in [-0.4, -0.2) is 37.0 Å². The maximum atomic E-state index is 12.2. The number of fused-ring (bicyclic) bond motifs is 5. The lowest BCUT2D eigenvalue weighted by atomic mass is 9.44. The normalized spacial score (nSPS) is 44.3. The predicted octanol–water partition coefficient (Wildman–Crippen LogP) is 6.00. The molecule has 4 heteroatoms. The topological polar surface area (TPSA) is 55.8 Å². The average Bonchev–Trinajstić information content (AvgIpc) is 3.13. The Bertz CT molecular complexity index is 649. The van der Waals surface area contributed by atoms with Gasteiger partial charge >= 0.3 is 5.97 Å². The molecular formula is C28H48O4. The first kappa shape index (κ1) is 24.5. The molecule has 184 valence electrons. The number of aliphatic hydroxyl groups is 1. The molecule has 9 atom stereocenters. The molecule has 1 N–H and O–H groups in total. The first-order valence-electron chi connectivity index (χ1n) is 13.7. The molecule has 4 nitrogen and oxygen atoms in total. The predicted molar refractivity (Wildman–Crippen MR) is 127 cm³/mol. The number of carbonyl (C=O) groups excluding carboxylic acids is 1. The molecule has 0 aromatic rings. The second-order valence-electron chi connectivity index (χ2n) is 12.2. The quantitative estimate of drug-likeness (QED) is 0.365. The minimum Gasteiger partial charge on any atom is -0.463 e. The number of esters is 1. The zero-order valence-corrected chi connectivity index (χ0v) is 21.1. The van der Waals surface area contributed by atoms with Crippen molar-refractivity contribution >= 4 is 5.97 Å². The molecule has 4 aliphatic carbocycles. The molecule has 0 amide bonds. The average molecular weight is 449 g/mol. The molecule has 0 bridgehead atoms. The van der Waals surface area contributed by atoms with Crippen molar-refractivity contribution in [3.05, 3.63) is 0 Å². The van der Waals surface area contributed by atoms with E-state index in [0.29, 0.717) is 43.0 Å². The van der Waals surface area contributed by atoms with Gasteiger partial charge in [-0.05, 0) is 117 Å². The van der Waals surface area contributed by atoms with Gasteiger partial charge in [-0.25, -0.2) is 0 Å². The fourth-order valence-corrected chi connectivity index (χ4v) is 9.19. The fraction of sp³-hybridized carbons (Fsp3) is 0.964. The summed E-state index contributed by atoms with van der Waals surface area (Å²) in [5.41, 5.74) is 0.898. The Kier molecular flexibility index (Phi) is 7.61. The summed E-state index contributed by atoms with van der Waals surface area (Å²) in [6.45, 7) is 11.1. The highest BCUT2D eigenvalue weighted by molar-refractivity contribution is 5.69. The van der Waals surface area contributed by atoms with Crippen LogP contribution in [0.4, 0.5) is 0 Å². The maximum Gasteiger partial charge on any atom is 0.305 e. The van der Waals surface area contributed by atoms with Crippen LogP contribution in [0.15, 0.2) is 0 Å². The summed E-state index contributed by atoms with van der Waals surface area (Å²) in [5, 5.41) is 10.3. The molecule has 32 heavy (non-hydrogen) atoms. The van der Waals surface area contributed by atoms with E-state index in [1.807, 2.05) is 6.92 Å². The van der Waals surface area contributed by atoms with Gasteiger partial charge in [-0.2, -0.15) is 0 Å². The Morgan fingerprint density at radius 1 is 1.00 bits per heavy atom. The highest BCUT2D eigenvalue weighted by Gasteiger charge is 2.60. The third-order valence-corrected chi connectivity index (χ3v) is 10.9. The molecule has 4 saturated carbocycles. The lowest BCUT2D eigenvalue weighted by molar-refractivity contribution is -0.146. The van der Waals surface area contributed by atoms with Gasteiger partial charge in [-0.1, -0.05) is 20.8 Å². The van der Waals surface area contributed by atoms with E-state index < -0.39 is 0 Å². The summed E-state index contributed by atoms with van der Waals surface area (Å²) in [6.07, 6.45) is 12.9.